The molecule has 1 aromatic carbocycles. The molecule has 3 heterocycles. The summed E-state index contributed by atoms with van der Waals surface area (Å²) in [5.41, 5.74) is 2.97. The van der Waals surface area contributed by atoms with Gasteiger partial charge in [0.05, 0.1) is 16.7 Å². The summed E-state index contributed by atoms with van der Waals surface area (Å²) in [6.07, 6.45) is 1.71. The van der Waals surface area contributed by atoms with Crippen molar-refractivity contribution in [3.8, 4) is 5.82 Å². The Balaban J connectivity index is 1.88. The number of hydrogen-bond donors (Lipinski definition) is 1. The zero-order chi connectivity index (χ0) is 17.4. The minimum absolute atomic E-state index is 0.00341. The van der Waals surface area contributed by atoms with Crippen LogP contribution in [0.25, 0.3) is 5.82 Å². The van der Waals surface area contributed by atoms with Crippen molar-refractivity contribution >= 4 is 35.1 Å². The van der Waals surface area contributed by atoms with E-state index < -0.39 is 0 Å². The zero-order valence-electron chi connectivity index (χ0n) is 13.4. The second kappa shape index (κ2) is 6.54. The van der Waals surface area contributed by atoms with E-state index >= 15 is 0 Å². The number of anilines is 1. The zero-order valence-corrected chi connectivity index (χ0v) is 15.0. The van der Waals surface area contributed by atoms with Crippen molar-refractivity contribution in [1.29, 1.82) is 0 Å². The van der Waals surface area contributed by atoms with Crippen LogP contribution in [0.15, 0.2) is 48.7 Å². The Labute approximate surface area is 154 Å². The SMILES string of the molecule is Cc1nn(-c2ccccn2)c2c1[C@@H](c1ccc(Cl)cc1)SCC(=O)N2. The molecule has 0 unspecified atom stereocenters. The Hall–Kier alpha value is -2.31. The maximum atomic E-state index is 12.3. The summed E-state index contributed by atoms with van der Waals surface area (Å²) in [6.45, 7) is 1.96. The number of benzene rings is 1. The van der Waals surface area contributed by atoms with Crippen molar-refractivity contribution in [2.45, 2.75) is 12.2 Å². The van der Waals surface area contributed by atoms with Gasteiger partial charge < -0.3 is 5.32 Å². The first-order valence-corrected chi connectivity index (χ1v) is 9.24. The van der Waals surface area contributed by atoms with Crippen LogP contribution in [0.5, 0.6) is 0 Å². The quantitative estimate of drug-likeness (QED) is 0.740. The number of amides is 1. The molecule has 1 aliphatic heterocycles. The van der Waals surface area contributed by atoms with Gasteiger partial charge in [-0.15, -0.1) is 11.8 Å². The number of nitrogens with one attached hydrogen (secondary N) is 1. The fourth-order valence-electron chi connectivity index (χ4n) is 2.93. The molecule has 126 valence electrons. The molecule has 0 saturated carbocycles. The van der Waals surface area contributed by atoms with Crippen LogP contribution in [0.1, 0.15) is 22.1 Å². The highest BCUT2D eigenvalue weighted by molar-refractivity contribution is 8.00. The monoisotopic (exact) mass is 370 g/mol. The van der Waals surface area contributed by atoms with E-state index in [9.17, 15) is 4.79 Å². The number of aromatic nitrogens is 3. The van der Waals surface area contributed by atoms with Gasteiger partial charge in [-0.1, -0.05) is 29.8 Å². The van der Waals surface area contributed by atoms with E-state index in [4.69, 9.17) is 11.6 Å². The number of thioether (sulfide) groups is 1. The number of carbonyl (C=O) groups excluding carboxylic acids is 1. The Morgan fingerprint density at radius 1 is 1.24 bits per heavy atom. The largest absolute Gasteiger partial charge is 0.310 e. The molecule has 25 heavy (non-hydrogen) atoms. The summed E-state index contributed by atoms with van der Waals surface area (Å²) in [5, 5.41) is 8.32. The van der Waals surface area contributed by atoms with Gasteiger partial charge in [0.15, 0.2) is 5.82 Å². The third-order valence-corrected chi connectivity index (χ3v) is 5.57. The van der Waals surface area contributed by atoms with Gasteiger partial charge in [0.25, 0.3) is 0 Å². The van der Waals surface area contributed by atoms with Crippen molar-refractivity contribution in [2.24, 2.45) is 0 Å². The van der Waals surface area contributed by atoms with Crippen LogP contribution in [0, 0.1) is 6.92 Å². The minimum Gasteiger partial charge on any atom is -0.310 e. The molecule has 1 aliphatic rings. The maximum Gasteiger partial charge on any atom is 0.235 e. The second-order valence-electron chi connectivity index (χ2n) is 5.74. The Morgan fingerprint density at radius 3 is 2.76 bits per heavy atom. The van der Waals surface area contributed by atoms with E-state index in [0.717, 1.165) is 16.8 Å². The maximum absolute atomic E-state index is 12.3. The molecule has 2 aromatic heterocycles. The van der Waals surface area contributed by atoms with Crippen LogP contribution in [0.2, 0.25) is 5.02 Å². The first-order valence-electron chi connectivity index (χ1n) is 7.81. The number of aryl methyl sites for hydroxylation is 1. The lowest BCUT2D eigenvalue weighted by atomic mass is 10.0. The third-order valence-electron chi connectivity index (χ3n) is 4.05. The van der Waals surface area contributed by atoms with Gasteiger partial charge in [-0.05, 0) is 36.8 Å². The molecule has 5 nitrogen and oxygen atoms in total. The fraction of sp³-hybridized carbons (Fsp3) is 0.167. The molecule has 7 heteroatoms. The molecule has 3 aromatic rings. The lowest BCUT2D eigenvalue weighted by Gasteiger charge is -2.15. The van der Waals surface area contributed by atoms with E-state index in [1.54, 1.807) is 22.6 Å². The third kappa shape index (κ3) is 3.03. The highest BCUT2D eigenvalue weighted by Gasteiger charge is 2.30. The summed E-state index contributed by atoms with van der Waals surface area (Å²) in [4.78, 5) is 16.6. The molecule has 1 atom stereocenters. The number of nitrogens with zero attached hydrogens (tertiary/aromatic N) is 3. The standard InChI is InChI=1S/C18H15ClN4OS/c1-11-16-17(12-5-7-13(19)8-6-12)25-10-15(24)21-18(16)23(22-11)14-4-2-3-9-20-14/h2-9,17H,10H2,1H3,(H,21,24)/t17-/m1/s1. The first kappa shape index (κ1) is 16.2. The number of carbonyl (C=O) groups is 1. The lowest BCUT2D eigenvalue weighted by molar-refractivity contribution is -0.113. The normalized spacial score (nSPS) is 16.9. The number of rotatable bonds is 2. The fourth-order valence-corrected chi connectivity index (χ4v) is 4.24. The van der Waals surface area contributed by atoms with Crippen molar-refractivity contribution in [1.82, 2.24) is 14.8 Å². The molecule has 0 bridgehead atoms. The van der Waals surface area contributed by atoms with Gasteiger partial charge in [0.1, 0.15) is 5.82 Å². The van der Waals surface area contributed by atoms with Crippen molar-refractivity contribution in [3.05, 3.63) is 70.5 Å². The van der Waals surface area contributed by atoms with Crippen LogP contribution in [0.4, 0.5) is 5.82 Å². The number of halogens is 1. The molecule has 0 spiro atoms. The molecule has 4 rings (SSSR count). The molecular weight excluding hydrogens is 356 g/mol. The van der Waals surface area contributed by atoms with E-state index in [2.05, 4.69) is 15.4 Å². The number of fused-ring (bicyclic) bond motifs is 1. The van der Waals surface area contributed by atoms with Gasteiger partial charge in [-0.3, -0.25) is 4.79 Å². The van der Waals surface area contributed by atoms with Crippen LogP contribution in [-0.4, -0.2) is 26.4 Å². The topological polar surface area (TPSA) is 59.8 Å². The van der Waals surface area contributed by atoms with Crippen LogP contribution < -0.4 is 5.32 Å². The van der Waals surface area contributed by atoms with E-state index in [-0.39, 0.29) is 11.2 Å². The summed E-state index contributed by atoms with van der Waals surface area (Å²) in [7, 11) is 0. The predicted molar refractivity (Wildman–Crippen MR) is 100 cm³/mol. The molecule has 1 amide bonds. The second-order valence-corrected chi connectivity index (χ2v) is 7.27. The first-order chi connectivity index (χ1) is 12.1. The van der Waals surface area contributed by atoms with Crippen molar-refractivity contribution in [3.63, 3.8) is 0 Å². The van der Waals surface area contributed by atoms with Gasteiger partial charge >= 0.3 is 0 Å². The van der Waals surface area contributed by atoms with Crippen molar-refractivity contribution < 1.29 is 4.79 Å². The molecule has 1 N–H and O–H groups in total. The highest BCUT2D eigenvalue weighted by Crippen LogP contribution is 2.43. The van der Waals surface area contributed by atoms with Crippen molar-refractivity contribution in [2.75, 3.05) is 11.1 Å². The molecule has 0 radical (unpaired) electrons. The summed E-state index contributed by atoms with van der Waals surface area (Å²) >= 11 is 7.61. The minimum atomic E-state index is -0.0419. The molecule has 0 saturated heterocycles. The molecular formula is C18H15ClN4OS. The predicted octanol–water partition coefficient (Wildman–Crippen LogP) is 4.00. The summed E-state index contributed by atoms with van der Waals surface area (Å²) < 4.78 is 1.71. The average molecular weight is 371 g/mol. The van der Waals surface area contributed by atoms with E-state index in [1.165, 1.54) is 0 Å². The number of pyridine rings is 1. The molecule has 0 fully saturated rings. The highest BCUT2D eigenvalue weighted by atomic mass is 35.5. The molecule has 0 aliphatic carbocycles. The van der Waals surface area contributed by atoms with Gasteiger partial charge in [-0.25, -0.2) is 4.98 Å². The Kier molecular flexibility index (Phi) is 4.23. The summed E-state index contributed by atoms with van der Waals surface area (Å²) in [5.74, 6) is 1.70. The summed E-state index contributed by atoms with van der Waals surface area (Å²) in [6, 6.07) is 13.4. The van der Waals surface area contributed by atoms with E-state index in [1.807, 2.05) is 49.4 Å². The smallest absolute Gasteiger partial charge is 0.235 e. The van der Waals surface area contributed by atoms with Crippen LogP contribution in [-0.2, 0) is 4.79 Å². The lowest BCUT2D eigenvalue weighted by Crippen LogP contribution is -2.16. The Bertz CT molecular complexity index is 924. The van der Waals surface area contributed by atoms with E-state index in [0.29, 0.717) is 22.4 Å². The van der Waals surface area contributed by atoms with Gasteiger partial charge in [-0.2, -0.15) is 9.78 Å². The van der Waals surface area contributed by atoms with Crippen LogP contribution >= 0.6 is 23.4 Å². The van der Waals surface area contributed by atoms with Gasteiger partial charge in [0, 0.05) is 16.8 Å². The number of hydrogen-bond acceptors (Lipinski definition) is 4. The Morgan fingerprint density at radius 2 is 2.04 bits per heavy atom. The van der Waals surface area contributed by atoms with Crippen LogP contribution in [0.3, 0.4) is 0 Å². The average Bonchev–Trinajstić information content (AvgIpc) is 2.83. The van der Waals surface area contributed by atoms with Gasteiger partial charge in [0.2, 0.25) is 5.91 Å².